The van der Waals surface area contributed by atoms with Gasteiger partial charge in [-0.25, -0.2) is 0 Å². The van der Waals surface area contributed by atoms with E-state index in [4.69, 9.17) is 0 Å². The molecule has 0 saturated carbocycles. The Balaban J connectivity index is 2.46. The van der Waals surface area contributed by atoms with Crippen molar-refractivity contribution in [2.75, 3.05) is 5.32 Å². The van der Waals surface area contributed by atoms with Crippen LogP contribution in [0.3, 0.4) is 0 Å². The molecule has 0 amide bonds. The van der Waals surface area contributed by atoms with E-state index in [-0.39, 0.29) is 11.6 Å². The zero-order chi connectivity index (χ0) is 13.1. The summed E-state index contributed by atoms with van der Waals surface area (Å²) >= 11 is 0. The van der Waals surface area contributed by atoms with Crippen molar-refractivity contribution in [3.8, 4) is 5.82 Å². The SMILES string of the molecule is Cc1ccc(-n2cccc(NC(C)C)c2=O)nn1. The molecule has 0 aliphatic carbocycles. The highest BCUT2D eigenvalue weighted by Crippen LogP contribution is 2.05. The molecule has 0 aromatic carbocycles. The van der Waals surface area contributed by atoms with Gasteiger partial charge in [-0.1, -0.05) is 0 Å². The third kappa shape index (κ3) is 2.56. The Hall–Kier alpha value is -2.17. The van der Waals surface area contributed by atoms with Crippen LogP contribution in [0.15, 0.2) is 35.3 Å². The van der Waals surface area contributed by atoms with Gasteiger partial charge in [-0.15, -0.1) is 5.10 Å². The lowest BCUT2D eigenvalue weighted by Gasteiger charge is -2.11. The predicted molar refractivity (Wildman–Crippen MR) is 71.1 cm³/mol. The van der Waals surface area contributed by atoms with Gasteiger partial charge in [0.1, 0.15) is 5.69 Å². The second-order valence-corrected chi connectivity index (χ2v) is 4.43. The lowest BCUT2D eigenvalue weighted by Crippen LogP contribution is -2.24. The number of aromatic nitrogens is 3. The van der Waals surface area contributed by atoms with Crippen molar-refractivity contribution in [1.82, 2.24) is 14.8 Å². The topological polar surface area (TPSA) is 59.8 Å². The number of nitrogens with one attached hydrogen (secondary N) is 1. The highest BCUT2D eigenvalue weighted by atomic mass is 16.1. The van der Waals surface area contributed by atoms with E-state index in [0.717, 1.165) is 5.69 Å². The molecule has 5 heteroatoms. The molecule has 0 fully saturated rings. The maximum atomic E-state index is 12.2. The molecule has 5 nitrogen and oxygen atoms in total. The minimum Gasteiger partial charge on any atom is -0.378 e. The average molecular weight is 244 g/mol. The van der Waals surface area contributed by atoms with E-state index in [1.807, 2.05) is 32.9 Å². The maximum absolute atomic E-state index is 12.2. The lowest BCUT2D eigenvalue weighted by molar-refractivity contribution is 0.851. The molecule has 2 rings (SSSR count). The van der Waals surface area contributed by atoms with Gasteiger partial charge < -0.3 is 5.32 Å². The molecule has 0 atom stereocenters. The quantitative estimate of drug-likeness (QED) is 0.893. The van der Waals surface area contributed by atoms with Crippen LogP contribution in [-0.2, 0) is 0 Å². The molecular formula is C13H16N4O. The van der Waals surface area contributed by atoms with Gasteiger partial charge in [-0.2, -0.15) is 5.10 Å². The van der Waals surface area contributed by atoms with Crippen molar-refractivity contribution < 1.29 is 0 Å². The molecule has 2 aromatic rings. The molecular weight excluding hydrogens is 228 g/mol. The number of hydrogen-bond donors (Lipinski definition) is 1. The summed E-state index contributed by atoms with van der Waals surface area (Å²) in [5.74, 6) is 0.526. The predicted octanol–water partition coefficient (Wildman–Crippen LogP) is 1.76. The lowest BCUT2D eigenvalue weighted by atomic mass is 10.3. The van der Waals surface area contributed by atoms with E-state index in [0.29, 0.717) is 11.5 Å². The second kappa shape index (κ2) is 5.00. The minimum atomic E-state index is -0.121. The standard InChI is InChI=1S/C13H16N4O/c1-9(2)14-11-5-4-8-17(13(11)18)12-7-6-10(3)15-16-12/h4-9,14H,1-3H3. The van der Waals surface area contributed by atoms with Gasteiger partial charge >= 0.3 is 0 Å². The number of anilines is 1. The van der Waals surface area contributed by atoms with Gasteiger partial charge in [-0.3, -0.25) is 9.36 Å². The summed E-state index contributed by atoms with van der Waals surface area (Å²) in [7, 11) is 0. The van der Waals surface area contributed by atoms with Crippen molar-refractivity contribution >= 4 is 5.69 Å². The fraction of sp³-hybridized carbons (Fsp3) is 0.308. The number of pyridine rings is 1. The largest absolute Gasteiger partial charge is 0.378 e. The van der Waals surface area contributed by atoms with E-state index in [9.17, 15) is 4.79 Å². The number of hydrogen-bond acceptors (Lipinski definition) is 4. The van der Waals surface area contributed by atoms with Crippen molar-refractivity contribution in [1.29, 1.82) is 0 Å². The van der Waals surface area contributed by atoms with Crippen LogP contribution >= 0.6 is 0 Å². The van der Waals surface area contributed by atoms with Crippen LogP contribution < -0.4 is 10.9 Å². The second-order valence-electron chi connectivity index (χ2n) is 4.43. The molecule has 2 heterocycles. The maximum Gasteiger partial charge on any atom is 0.279 e. The molecule has 0 aliphatic heterocycles. The van der Waals surface area contributed by atoms with Crippen LogP contribution in [0.25, 0.3) is 5.82 Å². The number of rotatable bonds is 3. The molecule has 94 valence electrons. The molecule has 0 saturated heterocycles. The molecule has 0 spiro atoms. The van der Waals surface area contributed by atoms with Crippen LogP contribution in [0.5, 0.6) is 0 Å². The first-order valence-electron chi connectivity index (χ1n) is 5.87. The summed E-state index contributed by atoms with van der Waals surface area (Å²) in [6, 6.07) is 7.39. The fourth-order valence-electron chi connectivity index (χ4n) is 1.62. The van der Waals surface area contributed by atoms with E-state index >= 15 is 0 Å². The monoisotopic (exact) mass is 244 g/mol. The van der Waals surface area contributed by atoms with Gasteiger partial charge in [0.15, 0.2) is 5.82 Å². The van der Waals surface area contributed by atoms with Gasteiger partial charge in [0, 0.05) is 12.2 Å². The molecule has 2 aromatic heterocycles. The molecule has 0 aliphatic rings. The Morgan fingerprint density at radius 3 is 2.61 bits per heavy atom. The Bertz CT molecular complexity index is 587. The number of aryl methyl sites for hydroxylation is 1. The van der Waals surface area contributed by atoms with E-state index in [2.05, 4.69) is 15.5 Å². The molecule has 18 heavy (non-hydrogen) atoms. The summed E-state index contributed by atoms with van der Waals surface area (Å²) in [5.41, 5.74) is 1.27. The summed E-state index contributed by atoms with van der Waals surface area (Å²) in [5, 5.41) is 11.1. The summed E-state index contributed by atoms with van der Waals surface area (Å²) in [4.78, 5) is 12.2. The Labute approximate surface area is 105 Å². The summed E-state index contributed by atoms with van der Waals surface area (Å²) < 4.78 is 1.48. The van der Waals surface area contributed by atoms with E-state index in [1.165, 1.54) is 4.57 Å². The van der Waals surface area contributed by atoms with Crippen molar-refractivity contribution in [2.24, 2.45) is 0 Å². The van der Waals surface area contributed by atoms with E-state index in [1.54, 1.807) is 18.3 Å². The van der Waals surface area contributed by atoms with Crippen molar-refractivity contribution in [3.63, 3.8) is 0 Å². The first kappa shape index (κ1) is 12.3. The van der Waals surface area contributed by atoms with Crippen LogP contribution in [0.4, 0.5) is 5.69 Å². The Kier molecular flexibility index (Phi) is 3.41. The van der Waals surface area contributed by atoms with E-state index < -0.39 is 0 Å². The van der Waals surface area contributed by atoms with Gasteiger partial charge in [0.25, 0.3) is 5.56 Å². The minimum absolute atomic E-state index is 0.121. The zero-order valence-electron chi connectivity index (χ0n) is 10.7. The first-order chi connectivity index (χ1) is 8.58. The third-order valence-electron chi connectivity index (χ3n) is 2.42. The van der Waals surface area contributed by atoms with Crippen molar-refractivity contribution in [3.05, 3.63) is 46.5 Å². The van der Waals surface area contributed by atoms with Gasteiger partial charge in [-0.05, 0) is 45.0 Å². The normalized spacial score (nSPS) is 10.7. The summed E-state index contributed by atoms with van der Waals surface area (Å²) in [6.07, 6.45) is 1.69. The number of nitrogens with zero attached hydrogens (tertiary/aromatic N) is 3. The van der Waals surface area contributed by atoms with Crippen molar-refractivity contribution in [2.45, 2.75) is 26.8 Å². The fourth-order valence-corrected chi connectivity index (χ4v) is 1.62. The molecule has 0 bridgehead atoms. The smallest absolute Gasteiger partial charge is 0.279 e. The zero-order valence-corrected chi connectivity index (χ0v) is 10.7. The van der Waals surface area contributed by atoms with Crippen LogP contribution in [-0.4, -0.2) is 20.8 Å². The highest BCUT2D eigenvalue weighted by molar-refractivity contribution is 5.43. The van der Waals surface area contributed by atoms with Crippen LogP contribution in [0.1, 0.15) is 19.5 Å². The summed E-state index contributed by atoms with van der Waals surface area (Å²) in [6.45, 7) is 5.83. The van der Waals surface area contributed by atoms with Gasteiger partial charge in [0.05, 0.1) is 5.69 Å². The highest BCUT2D eigenvalue weighted by Gasteiger charge is 2.06. The Morgan fingerprint density at radius 2 is 2.00 bits per heavy atom. The molecule has 1 N–H and O–H groups in total. The van der Waals surface area contributed by atoms with Gasteiger partial charge in [0.2, 0.25) is 0 Å². The third-order valence-corrected chi connectivity index (χ3v) is 2.42. The molecule has 0 unspecified atom stereocenters. The van der Waals surface area contributed by atoms with Crippen LogP contribution in [0, 0.1) is 6.92 Å². The Morgan fingerprint density at radius 1 is 1.22 bits per heavy atom. The first-order valence-corrected chi connectivity index (χ1v) is 5.87. The van der Waals surface area contributed by atoms with Crippen LogP contribution in [0.2, 0.25) is 0 Å². The average Bonchev–Trinajstić information content (AvgIpc) is 2.33. The molecule has 0 radical (unpaired) electrons.